The van der Waals surface area contributed by atoms with E-state index in [0.29, 0.717) is 27.9 Å². The molecule has 0 fully saturated rings. The second-order valence-electron chi connectivity index (χ2n) is 7.02. The minimum Gasteiger partial charge on any atom is -0.465 e. The van der Waals surface area contributed by atoms with Crippen LogP contribution in [0.5, 0.6) is 0 Å². The summed E-state index contributed by atoms with van der Waals surface area (Å²) in [6.45, 7) is 3.59. The van der Waals surface area contributed by atoms with Crippen molar-refractivity contribution >= 4 is 27.6 Å². The Hall–Kier alpha value is -4.19. The van der Waals surface area contributed by atoms with Gasteiger partial charge in [0.25, 0.3) is 5.91 Å². The van der Waals surface area contributed by atoms with Crippen molar-refractivity contribution in [3.05, 3.63) is 108 Å². The molecule has 0 unspecified atom stereocenters. The fourth-order valence-corrected chi connectivity index (χ4v) is 3.90. The Labute approximate surface area is 198 Å². The number of benzene rings is 3. The number of nitrogens with one attached hydrogen (secondary N) is 2. The highest BCUT2D eigenvalue weighted by Gasteiger charge is 2.14. The lowest BCUT2D eigenvalue weighted by Crippen LogP contribution is -2.23. The van der Waals surface area contributed by atoms with E-state index >= 15 is 0 Å². The van der Waals surface area contributed by atoms with Gasteiger partial charge in [-0.1, -0.05) is 30.0 Å². The number of rotatable bonds is 7. The molecule has 0 saturated carbocycles. The Morgan fingerprint density at radius 2 is 1.59 bits per heavy atom. The largest absolute Gasteiger partial charge is 0.465 e. The van der Waals surface area contributed by atoms with Gasteiger partial charge in [-0.05, 0) is 60.7 Å². The zero-order valence-corrected chi connectivity index (χ0v) is 19.2. The zero-order valence-electron chi connectivity index (χ0n) is 18.4. The van der Waals surface area contributed by atoms with Gasteiger partial charge in [0.2, 0.25) is 10.0 Å². The number of sulfonamides is 1. The Morgan fingerprint density at radius 3 is 2.24 bits per heavy atom. The molecule has 0 heterocycles. The maximum atomic E-state index is 12.6. The van der Waals surface area contributed by atoms with Gasteiger partial charge in [-0.25, -0.2) is 17.9 Å². The molecule has 172 valence electrons. The Morgan fingerprint density at radius 1 is 0.941 bits per heavy atom. The number of hydrogen-bond acceptors (Lipinski definition) is 5. The van der Waals surface area contributed by atoms with Crippen LogP contribution in [0.15, 0.2) is 90.3 Å². The van der Waals surface area contributed by atoms with Crippen LogP contribution in [0, 0.1) is 11.8 Å². The van der Waals surface area contributed by atoms with Crippen LogP contribution in [-0.2, 0) is 14.8 Å². The molecule has 0 aromatic heterocycles. The summed E-state index contributed by atoms with van der Waals surface area (Å²) in [7, 11) is -2.34. The number of hydrogen-bond donors (Lipinski definition) is 2. The lowest BCUT2D eigenvalue weighted by Gasteiger charge is -2.08. The van der Waals surface area contributed by atoms with Gasteiger partial charge in [-0.3, -0.25) is 4.79 Å². The van der Waals surface area contributed by atoms with Crippen LogP contribution < -0.4 is 10.0 Å². The lowest BCUT2D eigenvalue weighted by atomic mass is 10.1. The summed E-state index contributed by atoms with van der Waals surface area (Å²) in [5.74, 6) is 5.17. The molecule has 1 amide bonds. The molecular weight excluding hydrogens is 452 g/mol. The summed E-state index contributed by atoms with van der Waals surface area (Å²) < 4.78 is 31.4. The first-order valence-electron chi connectivity index (χ1n) is 10.1. The first kappa shape index (κ1) is 24.5. The number of ether oxygens (including phenoxy) is 1. The van der Waals surface area contributed by atoms with Crippen LogP contribution in [0.25, 0.3) is 0 Å². The Kier molecular flexibility index (Phi) is 7.98. The van der Waals surface area contributed by atoms with Crippen molar-refractivity contribution in [1.82, 2.24) is 4.72 Å². The van der Waals surface area contributed by atoms with Gasteiger partial charge in [0.1, 0.15) is 0 Å². The van der Waals surface area contributed by atoms with Gasteiger partial charge in [0.05, 0.1) is 17.6 Å². The first-order chi connectivity index (χ1) is 16.3. The van der Waals surface area contributed by atoms with E-state index in [1.807, 2.05) is 0 Å². The van der Waals surface area contributed by atoms with Gasteiger partial charge in [0.15, 0.2) is 0 Å². The number of carbonyl (C=O) groups is 2. The third-order valence-electron chi connectivity index (χ3n) is 4.60. The zero-order chi connectivity index (χ0) is 24.6. The third-order valence-corrected chi connectivity index (χ3v) is 6.04. The van der Waals surface area contributed by atoms with E-state index in [-0.39, 0.29) is 17.3 Å². The molecule has 0 aliphatic carbocycles. The quantitative estimate of drug-likeness (QED) is 0.310. The smallest absolute Gasteiger partial charge is 0.337 e. The molecule has 7 nitrogen and oxygen atoms in total. The monoisotopic (exact) mass is 474 g/mol. The molecule has 0 radical (unpaired) electrons. The summed E-state index contributed by atoms with van der Waals surface area (Å²) in [5.41, 5.74) is 2.56. The molecule has 3 aromatic rings. The average Bonchev–Trinajstić information content (AvgIpc) is 2.86. The van der Waals surface area contributed by atoms with E-state index in [0.717, 1.165) is 0 Å². The minimum atomic E-state index is -3.66. The Balaban J connectivity index is 1.72. The summed E-state index contributed by atoms with van der Waals surface area (Å²) in [5, 5.41) is 2.77. The molecule has 0 aliphatic rings. The van der Waals surface area contributed by atoms with Crippen molar-refractivity contribution in [2.75, 3.05) is 19.0 Å². The second kappa shape index (κ2) is 11.1. The minimum absolute atomic E-state index is 0.0550. The second-order valence-corrected chi connectivity index (χ2v) is 8.79. The van der Waals surface area contributed by atoms with E-state index in [1.54, 1.807) is 48.5 Å². The standard InChI is InChI=1S/C26H22N2O5S/c1-3-16-27-34(31,32)24-14-12-21(13-15-24)25(29)28-23-9-5-7-20(18-23)11-10-19-6-4-8-22(17-19)26(30)33-2/h3-9,12-15,17-18,27H,1,16H2,2H3,(H,28,29). The van der Waals surface area contributed by atoms with Crippen LogP contribution in [0.1, 0.15) is 31.8 Å². The molecule has 0 atom stereocenters. The van der Waals surface area contributed by atoms with Gasteiger partial charge in [-0.15, -0.1) is 6.58 Å². The van der Waals surface area contributed by atoms with Crippen molar-refractivity contribution in [3.63, 3.8) is 0 Å². The molecule has 0 saturated heterocycles. The summed E-state index contributed by atoms with van der Waals surface area (Å²) >= 11 is 0. The molecule has 34 heavy (non-hydrogen) atoms. The van der Waals surface area contributed by atoms with Crippen LogP contribution >= 0.6 is 0 Å². The molecule has 0 spiro atoms. The first-order valence-corrected chi connectivity index (χ1v) is 11.6. The SMILES string of the molecule is C=CCNS(=O)(=O)c1ccc(C(=O)Nc2cccc(C#Cc3cccc(C(=O)OC)c3)c2)cc1. The number of methoxy groups -OCH3 is 1. The summed E-state index contributed by atoms with van der Waals surface area (Å²) in [6, 6.07) is 19.4. The maximum Gasteiger partial charge on any atom is 0.337 e. The summed E-state index contributed by atoms with van der Waals surface area (Å²) in [6.07, 6.45) is 1.44. The van der Waals surface area contributed by atoms with E-state index in [2.05, 4.69) is 28.5 Å². The summed E-state index contributed by atoms with van der Waals surface area (Å²) in [4.78, 5) is 24.3. The molecule has 2 N–H and O–H groups in total. The van der Waals surface area contributed by atoms with E-state index < -0.39 is 16.0 Å². The van der Waals surface area contributed by atoms with E-state index in [4.69, 9.17) is 4.74 Å². The van der Waals surface area contributed by atoms with Crippen LogP contribution in [0.2, 0.25) is 0 Å². The predicted octanol–water partition coefficient (Wildman–Crippen LogP) is 3.59. The highest BCUT2D eigenvalue weighted by molar-refractivity contribution is 7.89. The highest BCUT2D eigenvalue weighted by Crippen LogP contribution is 2.15. The Bertz CT molecular complexity index is 1380. The number of anilines is 1. The third kappa shape index (κ3) is 6.42. The average molecular weight is 475 g/mol. The normalized spacial score (nSPS) is 10.5. The molecule has 0 bridgehead atoms. The van der Waals surface area contributed by atoms with Crippen molar-refractivity contribution in [2.45, 2.75) is 4.90 Å². The van der Waals surface area contributed by atoms with E-state index in [9.17, 15) is 18.0 Å². The molecule has 3 aromatic carbocycles. The molecule has 0 aliphatic heterocycles. The van der Waals surface area contributed by atoms with Gasteiger partial charge < -0.3 is 10.1 Å². The maximum absolute atomic E-state index is 12.6. The molecule has 3 rings (SSSR count). The van der Waals surface area contributed by atoms with Crippen molar-refractivity contribution in [1.29, 1.82) is 0 Å². The van der Waals surface area contributed by atoms with Crippen LogP contribution in [0.4, 0.5) is 5.69 Å². The lowest BCUT2D eigenvalue weighted by molar-refractivity contribution is 0.0600. The van der Waals surface area contributed by atoms with Crippen molar-refractivity contribution < 1.29 is 22.7 Å². The predicted molar refractivity (Wildman–Crippen MR) is 130 cm³/mol. The topological polar surface area (TPSA) is 102 Å². The van der Waals surface area contributed by atoms with Crippen LogP contribution in [0.3, 0.4) is 0 Å². The fraction of sp³-hybridized carbons (Fsp3) is 0.0769. The highest BCUT2D eigenvalue weighted by atomic mass is 32.2. The van der Waals surface area contributed by atoms with E-state index in [1.165, 1.54) is 37.5 Å². The fourth-order valence-electron chi connectivity index (χ4n) is 2.90. The van der Waals surface area contributed by atoms with Gasteiger partial charge in [0, 0.05) is 28.9 Å². The van der Waals surface area contributed by atoms with Gasteiger partial charge in [-0.2, -0.15) is 0 Å². The molecule has 8 heteroatoms. The number of amides is 1. The van der Waals surface area contributed by atoms with Crippen molar-refractivity contribution in [2.24, 2.45) is 0 Å². The number of carbonyl (C=O) groups excluding carboxylic acids is 2. The number of esters is 1. The van der Waals surface area contributed by atoms with Gasteiger partial charge >= 0.3 is 5.97 Å². The molecular formula is C26H22N2O5S. The van der Waals surface area contributed by atoms with Crippen molar-refractivity contribution in [3.8, 4) is 11.8 Å². The van der Waals surface area contributed by atoms with Crippen LogP contribution in [-0.4, -0.2) is 33.9 Å².